The van der Waals surface area contributed by atoms with Crippen molar-refractivity contribution in [3.8, 4) is 50.6 Å². The Bertz CT molecular complexity index is 3400. The van der Waals surface area contributed by atoms with Crippen molar-refractivity contribution in [1.82, 2.24) is 14.5 Å². The smallest absolute Gasteiger partial charge is 0.131 e. The van der Waals surface area contributed by atoms with Gasteiger partial charge in [-0.15, -0.1) is 54.1 Å². The Labute approximate surface area is 378 Å². The van der Waals surface area contributed by atoms with Gasteiger partial charge in [-0.05, 0) is 64.0 Å². The molecule has 8 heteroatoms. The van der Waals surface area contributed by atoms with Crippen LogP contribution in [0.5, 0.6) is 0 Å². The number of halogens is 2. The Kier molecular flexibility index (Phi) is 11.3. The molecule has 63 heavy (non-hydrogen) atoms. The molecule has 11 aromatic rings. The molecule has 0 fully saturated rings. The second-order valence-corrected chi connectivity index (χ2v) is 21.4. The van der Waals surface area contributed by atoms with Crippen LogP contribution in [0.2, 0.25) is 19.6 Å². The van der Waals surface area contributed by atoms with Gasteiger partial charge in [0.15, 0.2) is 0 Å². The number of nitrogens with zero attached hydrogens (tertiary/aromatic N) is 3. The minimum atomic E-state index is -1.23. The Balaban J connectivity index is 0.000000251. The number of para-hydroxylation sites is 2. The van der Waals surface area contributed by atoms with E-state index in [0.717, 1.165) is 66.4 Å². The van der Waals surface area contributed by atoms with Crippen molar-refractivity contribution in [1.29, 1.82) is 0 Å². The molecule has 0 spiro atoms. The summed E-state index contributed by atoms with van der Waals surface area (Å²) in [6.45, 7) is 7.00. The van der Waals surface area contributed by atoms with Crippen molar-refractivity contribution < 1.29 is 33.3 Å². The molecule has 0 amide bonds. The summed E-state index contributed by atoms with van der Waals surface area (Å²) in [7, 11) is -1.23. The Morgan fingerprint density at radius 3 is 2.08 bits per heavy atom. The minimum Gasteiger partial charge on any atom is -0.501 e. The van der Waals surface area contributed by atoms with Crippen molar-refractivity contribution in [3.63, 3.8) is 0 Å². The van der Waals surface area contributed by atoms with Crippen LogP contribution in [0.4, 0.5) is 8.78 Å². The maximum Gasteiger partial charge on any atom is 0.131 e. The summed E-state index contributed by atoms with van der Waals surface area (Å²) in [5.74, 6) is 0.0756. The summed E-state index contributed by atoms with van der Waals surface area (Å²) in [5.41, 5.74) is 10.1. The number of benzene rings is 8. The summed E-state index contributed by atoms with van der Waals surface area (Å²) in [6.07, 6.45) is 2.02. The molecule has 0 atom stereocenters. The molecule has 0 N–H and O–H groups in total. The molecule has 8 aromatic carbocycles. The maximum absolute atomic E-state index is 15.7. The zero-order valence-electron chi connectivity index (χ0n) is 34.7. The molecular formula is C55H39F2IrN3OSi-2. The van der Waals surface area contributed by atoms with E-state index in [2.05, 4.69) is 53.5 Å². The largest absolute Gasteiger partial charge is 0.501 e. The average Bonchev–Trinajstić information content (AvgIpc) is 3.88. The average molecular weight is 1020 g/mol. The molecule has 4 nitrogen and oxygen atoms in total. The fraction of sp³-hybridized carbons (Fsp3) is 0.0545. The van der Waals surface area contributed by atoms with Crippen LogP contribution in [0, 0.1) is 23.8 Å². The van der Waals surface area contributed by atoms with Crippen molar-refractivity contribution in [2.45, 2.75) is 19.6 Å². The first-order valence-electron chi connectivity index (χ1n) is 20.5. The van der Waals surface area contributed by atoms with Crippen LogP contribution >= 0.6 is 0 Å². The molecule has 3 heterocycles. The van der Waals surface area contributed by atoms with Gasteiger partial charge in [-0.1, -0.05) is 134 Å². The van der Waals surface area contributed by atoms with Gasteiger partial charge in [0.05, 0.1) is 36.2 Å². The number of furan rings is 1. The summed E-state index contributed by atoms with van der Waals surface area (Å²) < 4.78 is 38.1. The van der Waals surface area contributed by atoms with Crippen LogP contribution in [0.15, 0.2) is 187 Å². The van der Waals surface area contributed by atoms with Crippen LogP contribution in [-0.2, 0) is 20.1 Å². The summed E-state index contributed by atoms with van der Waals surface area (Å²) >= 11 is 0. The summed E-state index contributed by atoms with van der Waals surface area (Å²) in [6, 6.07) is 62.3. The van der Waals surface area contributed by atoms with Crippen molar-refractivity contribution in [2.24, 2.45) is 0 Å². The molecule has 309 valence electrons. The maximum atomic E-state index is 15.7. The van der Waals surface area contributed by atoms with E-state index in [-0.39, 0.29) is 31.7 Å². The number of aromatic nitrogens is 3. The Morgan fingerprint density at radius 2 is 1.33 bits per heavy atom. The predicted molar refractivity (Wildman–Crippen MR) is 252 cm³/mol. The first-order chi connectivity index (χ1) is 30.2. The molecule has 0 saturated heterocycles. The summed E-state index contributed by atoms with van der Waals surface area (Å²) in [4.78, 5) is 9.68. The number of imidazole rings is 1. The van der Waals surface area contributed by atoms with Crippen LogP contribution in [0.1, 0.15) is 0 Å². The third kappa shape index (κ3) is 7.94. The van der Waals surface area contributed by atoms with Crippen LogP contribution in [0.3, 0.4) is 0 Å². The SMILES string of the molecule is C[Si](C)(C)c1ccc(-c2[c-]cccc2)nc1.Fc1ccc(-c2ccc3c(c2)oc2c(-c4nc5ccccc5n4-c4c(-c5ccccc5)cc(F)c5ccccc45)[c-]ccc23)cc1.[Ir]. The van der Waals surface area contributed by atoms with E-state index >= 15 is 4.39 Å². The molecule has 0 unspecified atom stereocenters. The van der Waals surface area contributed by atoms with E-state index in [1.807, 2.05) is 140 Å². The number of rotatable bonds is 6. The predicted octanol–water partition coefficient (Wildman–Crippen LogP) is 14.2. The van der Waals surface area contributed by atoms with Crippen molar-refractivity contribution in [2.75, 3.05) is 0 Å². The van der Waals surface area contributed by atoms with Crippen molar-refractivity contribution in [3.05, 3.63) is 206 Å². The monoisotopic (exact) mass is 1020 g/mol. The quantitative estimate of drug-likeness (QED) is 0.123. The van der Waals surface area contributed by atoms with Crippen molar-refractivity contribution >= 4 is 57.0 Å². The van der Waals surface area contributed by atoms with Gasteiger partial charge in [-0.25, -0.2) is 8.78 Å². The van der Waals surface area contributed by atoms with E-state index in [4.69, 9.17) is 9.40 Å². The molecular weight excluding hydrogens is 977 g/mol. The molecule has 0 aliphatic rings. The number of hydrogen-bond donors (Lipinski definition) is 0. The zero-order valence-corrected chi connectivity index (χ0v) is 38.1. The third-order valence-corrected chi connectivity index (χ3v) is 13.3. The van der Waals surface area contributed by atoms with Gasteiger partial charge >= 0.3 is 0 Å². The van der Waals surface area contributed by atoms with Crippen LogP contribution in [0.25, 0.3) is 94.3 Å². The molecule has 11 rings (SSSR count). The van der Waals surface area contributed by atoms with E-state index in [1.165, 1.54) is 17.3 Å². The van der Waals surface area contributed by atoms with Gasteiger partial charge in [0.25, 0.3) is 0 Å². The number of hydrogen-bond acceptors (Lipinski definition) is 3. The molecule has 0 aliphatic heterocycles. The number of fused-ring (bicyclic) bond motifs is 5. The first kappa shape index (κ1) is 41.5. The second-order valence-electron chi connectivity index (χ2n) is 16.3. The zero-order chi connectivity index (χ0) is 42.4. The molecule has 3 aromatic heterocycles. The molecule has 0 aliphatic carbocycles. The van der Waals surface area contributed by atoms with Crippen LogP contribution < -0.4 is 5.19 Å². The van der Waals surface area contributed by atoms with Gasteiger partial charge in [0, 0.05) is 48.0 Å². The van der Waals surface area contributed by atoms with Gasteiger partial charge in [0.2, 0.25) is 0 Å². The standard InChI is InChI=1S/C41H23F2N2O.C14H16NSi.Ir/c42-28-20-17-25(18-21-28)27-19-22-30-32-13-8-14-33(40(32)46-38(30)23-27)41-44-36-15-6-7-16-37(36)45(41)39-31-12-5-4-11-29(31)35(43)24-34(39)26-9-2-1-3-10-26;1-16(2,3)13-9-10-14(15-11-13)12-7-5-4-6-8-12;/h1-13,15-24H;4-7,9-11H,1-3H3;/q2*-1;. The molecule has 1 radical (unpaired) electrons. The fourth-order valence-corrected chi connectivity index (χ4v) is 9.13. The normalized spacial score (nSPS) is 11.4. The van der Waals surface area contributed by atoms with Gasteiger partial charge in [-0.3, -0.25) is 4.98 Å². The van der Waals surface area contributed by atoms with E-state index in [9.17, 15) is 4.39 Å². The molecule has 0 bridgehead atoms. The molecule has 0 saturated carbocycles. The van der Waals surface area contributed by atoms with Gasteiger partial charge in [0.1, 0.15) is 17.2 Å². The minimum absolute atomic E-state index is 0. The summed E-state index contributed by atoms with van der Waals surface area (Å²) in [5, 5.41) is 4.58. The van der Waals surface area contributed by atoms with E-state index in [0.29, 0.717) is 27.9 Å². The van der Waals surface area contributed by atoms with E-state index < -0.39 is 8.07 Å². The van der Waals surface area contributed by atoms with Gasteiger partial charge < -0.3 is 14.0 Å². The van der Waals surface area contributed by atoms with Crippen LogP contribution in [-0.4, -0.2) is 22.6 Å². The second kappa shape index (κ2) is 17.1. The Hall–Kier alpha value is -6.83. The van der Waals surface area contributed by atoms with Gasteiger partial charge in [-0.2, -0.15) is 0 Å². The fourth-order valence-electron chi connectivity index (χ4n) is 8.09. The first-order valence-corrected chi connectivity index (χ1v) is 24.0. The number of pyridine rings is 1. The van der Waals surface area contributed by atoms with E-state index in [1.54, 1.807) is 18.2 Å². The third-order valence-electron chi connectivity index (χ3n) is 11.3. The Morgan fingerprint density at radius 1 is 0.603 bits per heavy atom. The topological polar surface area (TPSA) is 43.9 Å².